The number of hydrogen-bond acceptors (Lipinski definition) is 5. The van der Waals surface area contributed by atoms with E-state index in [-0.39, 0.29) is 5.91 Å². The van der Waals surface area contributed by atoms with E-state index in [1.54, 1.807) is 0 Å². The fraction of sp³-hybridized carbons (Fsp3) is 0.308. The van der Waals surface area contributed by atoms with E-state index in [4.69, 9.17) is 5.26 Å². The molecule has 0 radical (unpaired) electrons. The number of carbonyl (C=O) groups excluding carboxylic acids is 1. The number of nitrogens with zero attached hydrogens (tertiary/aromatic N) is 2. The van der Waals surface area contributed by atoms with E-state index >= 15 is 0 Å². The van der Waals surface area contributed by atoms with Gasteiger partial charge in [-0.05, 0) is 35.7 Å². The molecular formula is C13H13N3OS2. The van der Waals surface area contributed by atoms with Crippen LogP contribution < -0.4 is 5.32 Å². The lowest BCUT2D eigenvalue weighted by Gasteiger charge is -2.09. The minimum Gasteiger partial charge on any atom is -0.332 e. The molecule has 0 aliphatic heterocycles. The summed E-state index contributed by atoms with van der Waals surface area (Å²) in [5, 5.41) is 16.5. The Labute approximate surface area is 119 Å². The third-order valence-corrected chi connectivity index (χ3v) is 4.34. The zero-order valence-corrected chi connectivity index (χ0v) is 12.3. The van der Waals surface area contributed by atoms with Crippen molar-refractivity contribution < 1.29 is 4.79 Å². The lowest BCUT2D eigenvalue weighted by Crippen LogP contribution is -2.27. The van der Waals surface area contributed by atoms with E-state index in [0.29, 0.717) is 11.3 Å². The van der Waals surface area contributed by atoms with E-state index < -0.39 is 6.04 Å². The number of hydrogen-bond donors (Lipinski definition) is 1. The first-order valence-electron chi connectivity index (χ1n) is 5.84. The van der Waals surface area contributed by atoms with Crippen LogP contribution in [0.1, 0.15) is 38.9 Å². The molecule has 2 rings (SSSR count). The average Bonchev–Trinajstić information content (AvgIpc) is 3.04. The summed E-state index contributed by atoms with van der Waals surface area (Å²) in [5.74, 6) is -0.222. The van der Waals surface area contributed by atoms with Crippen LogP contribution in [0.2, 0.25) is 0 Å². The highest BCUT2D eigenvalue weighted by atomic mass is 32.1. The molecule has 0 saturated carbocycles. The van der Waals surface area contributed by atoms with Gasteiger partial charge >= 0.3 is 0 Å². The van der Waals surface area contributed by atoms with Crippen molar-refractivity contribution in [2.45, 2.75) is 26.3 Å². The fourth-order valence-electron chi connectivity index (χ4n) is 1.71. The van der Waals surface area contributed by atoms with Gasteiger partial charge in [0.05, 0.1) is 16.8 Å². The first kappa shape index (κ1) is 13.7. The number of aryl methyl sites for hydroxylation is 2. The Morgan fingerprint density at radius 2 is 2.42 bits per heavy atom. The molecule has 6 heteroatoms. The number of thiazole rings is 1. The van der Waals surface area contributed by atoms with Crippen LogP contribution in [-0.4, -0.2) is 10.9 Å². The highest BCUT2D eigenvalue weighted by Gasteiger charge is 2.20. The summed E-state index contributed by atoms with van der Waals surface area (Å²) < 4.78 is 0. The van der Waals surface area contributed by atoms with Crippen LogP contribution in [0.4, 0.5) is 0 Å². The number of carbonyl (C=O) groups is 1. The molecule has 2 aromatic rings. The smallest absolute Gasteiger partial charge is 0.264 e. The molecule has 2 aromatic heterocycles. The molecule has 1 atom stereocenters. The van der Waals surface area contributed by atoms with Crippen molar-refractivity contribution in [2.75, 3.05) is 0 Å². The second-order valence-corrected chi connectivity index (χ2v) is 5.94. The molecule has 1 unspecified atom stereocenters. The van der Waals surface area contributed by atoms with Crippen molar-refractivity contribution >= 4 is 28.6 Å². The van der Waals surface area contributed by atoms with Crippen LogP contribution in [0.5, 0.6) is 0 Å². The van der Waals surface area contributed by atoms with Crippen LogP contribution in [-0.2, 0) is 6.42 Å². The number of amides is 1. The fourth-order valence-corrected chi connectivity index (χ4v) is 3.31. The van der Waals surface area contributed by atoms with E-state index in [0.717, 1.165) is 16.3 Å². The molecule has 98 valence electrons. The molecular weight excluding hydrogens is 278 g/mol. The first-order valence-corrected chi connectivity index (χ1v) is 7.60. The van der Waals surface area contributed by atoms with E-state index in [9.17, 15) is 4.79 Å². The van der Waals surface area contributed by atoms with Crippen LogP contribution in [0.25, 0.3) is 0 Å². The van der Waals surface area contributed by atoms with Gasteiger partial charge in [-0.25, -0.2) is 4.98 Å². The van der Waals surface area contributed by atoms with Crippen molar-refractivity contribution in [2.24, 2.45) is 0 Å². The van der Waals surface area contributed by atoms with Crippen LogP contribution >= 0.6 is 22.7 Å². The summed E-state index contributed by atoms with van der Waals surface area (Å²) in [4.78, 5) is 17.1. The Balaban J connectivity index is 2.18. The van der Waals surface area contributed by atoms with Crippen LogP contribution in [0.15, 0.2) is 16.8 Å². The summed E-state index contributed by atoms with van der Waals surface area (Å²) in [7, 11) is 0. The molecule has 0 spiro atoms. The Morgan fingerprint density at radius 3 is 3.00 bits per heavy atom. The summed E-state index contributed by atoms with van der Waals surface area (Å²) in [5.41, 5.74) is 1.61. The van der Waals surface area contributed by atoms with Gasteiger partial charge in [0.1, 0.15) is 10.9 Å². The molecule has 0 aliphatic rings. The zero-order valence-electron chi connectivity index (χ0n) is 10.6. The minimum atomic E-state index is -0.606. The number of aromatic nitrogens is 1. The molecule has 19 heavy (non-hydrogen) atoms. The monoisotopic (exact) mass is 291 g/mol. The van der Waals surface area contributed by atoms with E-state index in [1.807, 2.05) is 30.7 Å². The van der Waals surface area contributed by atoms with Crippen LogP contribution in [0, 0.1) is 18.3 Å². The highest BCUT2D eigenvalue weighted by molar-refractivity contribution is 7.13. The van der Waals surface area contributed by atoms with Crippen molar-refractivity contribution in [1.29, 1.82) is 5.26 Å². The predicted molar refractivity (Wildman–Crippen MR) is 76.4 cm³/mol. The van der Waals surface area contributed by atoms with Gasteiger partial charge in [0.2, 0.25) is 0 Å². The van der Waals surface area contributed by atoms with Gasteiger partial charge < -0.3 is 5.32 Å². The number of thiophene rings is 1. The van der Waals surface area contributed by atoms with E-state index in [1.165, 1.54) is 22.7 Å². The molecule has 1 N–H and O–H groups in total. The zero-order chi connectivity index (χ0) is 13.8. The molecule has 4 nitrogen and oxygen atoms in total. The first-order chi connectivity index (χ1) is 9.15. The maximum atomic E-state index is 12.2. The Morgan fingerprint density at radius 1 is 1.63 bits per heavy atom. The second kappa shape index (κ2) is 5.95. The normalized spacial score (nSPS) is 11.8. The third kappa shape index (κ3) is 3.00. The standard InChI is InChI=1S/C13H13N3OS2/c1-3-10-12(19-8(2)15-10)13(17)16-11(6-14)9-4-5-18-7-9/h4-5,7,11H,3H2,1-2H3,(H,16,17). The van der Waals surface area contributed by atoms with Crippen LogP contribution in [0.3, 0.4) is 0 Å². The largest absolute Gasteiger partial charge is 0.332 e. The highest BCUT2D eigenvalue weighted by Crippen LogP contribution is 2.21. The quantitative estimate of drug-likeness (QED) is 0.941. The average molecular weight is 291 g/mol. The van der Waals surface area contributed by atoms with Gasteiger partial charge in [-0.15, -0.1) is 11.3 Å². The Hall–Kier alpha value is -1.71. The van der Waals surface area contributed by atoms with Crippen molar-refractivity contribution in [3.05, 3.63) is 38.0 Å². The minimum absolute atomic E-state index is 0.222. The van der Waals surface area contributed by atoms with E-state index in [2.05, 4.69) is 16.4 Å². The van der Waals surface area contributed by atoms with Gasteiger partial charge in [-0.3, -0.25) is 4.79 Å². The number of nitriles is 1. The molecule has 1 amide bonds. The summed E-state index contributed by atoms with van der Waals surface area (Å²) in [6, 6.07) is 3.35. The Kier molecular flexibility index (Phi) is 4.30. The maximum Gasteiger partial charge on any atom is 0.264 e. The van der Waals surface area contributed by atoms with Gasteiger partial charge in [0, 0.05) is 0 Å². The molecule has 0 fully saturated rings. The summed E-state index contributed by atoms with van der Waals surface area (Å²) >= 11 is 2.87. The maximum absolute atomic E-state index is 12.2. The van der Waals surface area contributed by atoms with Gasteiger partial charge in [-0.2, -0.15) is 16.6 Å². The van der Waals surface area contributed by atoms with Crippen molar-refractivity contribution in [1.82, 2.24) is 10.3 Å². The van der Waals surface area contributed by atoms with Gasteiger partial charge in [0.15, 0.2) is 0 Å². The molecule has 2 heterocycles. The lowest BCUT2D eigenvalue weighted by molar-refractivity contribution is 0.0948. The molecule has 0 aliphatic carbocycles. The lowest BCUT2D eigenvalue weighted by atomic mass is 10.1. The van der Waals surface area contributed by atoms with Crippen molar-refractivity contribution in [3.8, 4) is 6.07 Å². The SMILES string of the molecule is CCc1nc(C)sc1C(=O)NC(C#N)c1ccsc1. The molecule has 0 saturated heterocycles. The number of rotatable bonds is 4. The molecule has 0 aromatic carbocycles. The summed E-state index contributed by atoms with van der Waals surface area (Å²) in [6.07, 6.45) is 0.711. The van der Waals surface area contributed by atoms with Crippen molar-refractivity contribution in [3.63, 3.8) is 0 Å². The topological polar surface area (TPSA) is 65.8 Å². The van der Waals surface area contributed by atoms with Gasteiger partial charge in [-0.1, -0.05) is 6.92 Å². The second-order valence-electron chi connectivity index (χ2n) is 3.95. The molecule has 0 bridgehead atoms. The third-order valence-electron chi connectivity index (χ3n) is 2.63. The van der Waals surface area contributed by atoms with Gasteiger partial charge in [0.25, 0.3) is 5.91 Å². The predicted octanol–water partition coefficient (Wildman–Crippen LogP) is 3.07. The number of nitrogens with one attached hydrogen (secondary N) is 1. The summed E-state index contributed by atoms with van der Waals surface area (Å²) in [6.45, 7) is 3.84. The Bertz CT molecular complexity index is 610.